The average molecular weight is 422 g/mol. The fraction of sp³-hybridized carbons (Fsp3) is 0.300. The van der Waals surface area contributed by atoms with Crippen LogP contribution in [-0.4, -0.2) is 45.3 Å². The van der Waals surface area contributed by atoms with E-state index in [0.29, 0.717) is 5.69 Å². The first-order valence-electron chi connectivity index (χ1n) is 8.82. The first kappa shape index (κ1) is 22.5. The number of nitrogens with one attached hydrogen (secondary N) is 1. The van der Waals surface area contributed by atoms with E-state index in [0.717, 1.165) is 28.1 Å². The average Bonchev–Trinajstić information content (AvgIpc) is 2.66. The van der Waals surface area contributed by atoms with Crippen LogP contribution in [0.5, 0.6) is 0 Å². The molecular weight excluding hydrogens is 399 g/mol. The molecule has 0 aliphatic heterocycles. The molecule has 0 atom stereocenters. The summed E-state index contributed by atoms with van der Waals surface area (Å²) < 4.78 is 44.1. The molecule has 2 aromatic carbocycles. The quantitative estimate of drug-likeness (QED) is 0.693. The summed E-state index contributed by atoms with van der Waals surface area (Å²) in [4.78, 5) is 24.1. The second-order valence-corrected chi connectivity index (χ2v) is 8.95. The van der Waals surface area contributed by atoms with E-state index in [2.05, 4.69) is 5.32 Å². The molecule has 1 amide bonds. The van der Waals surface area contributed by atoms with Crippen LogP contribution >= 0.6 is 0 Å². The van der Waals surface area contributed by atoms with Crippen LogP contribution in [-0.2, 0) is 19.6 Å². The lowest BCUT2D eigenvalue weighted by Crippen LogP contribution is -2.24. The van der Waals surface area contributed by atoms with E-state index in [1.54, 1.807) is 12.1 Å². The van der Waals surface area contributed by atoms with Gasteiger partial charge in [0.2, 0.25) is 10.0 Å². The molecule has 9 heteroatoms. The van der Waals surface area contributed by atoms with Crippen molar-refractivity contribution in [1.82, 2.24) is 4.31 Å². The molecule has 0 fully saturated rings. The van der Waals surface area contributed by atoms with E-state index in [9.17, 15) is 22.4 Å². The molecule has 7 nitrogen and oxygen atoms in total. The summed E-state index contributed by atoms with van der Waals surface area (Å²) in [7, 11) is -1.22. The molecule has 156 valence electrons. The molecule has 0 spiro atoms. The molecule has 2 rings (SSSR count). The van der Waals surface area contributed by atoms with E-state index in [-0.39, 0.29) is 10.8 Å². The van der Waals surface area contributed by atoms with E-state index in [4.69, 9.17) is 4.74 Å². The van der Waals surface area contributed by atoms with E-state index < -0.39 is 39.9 Å². The van der Waals surface area contributed by atoms with Crippen molar-refractivity contribution in [2.45, 2.75) is 24.7 Å². The number of para-hydroxylation sites is 1. The lowest BCUT2D eigenvalue weighted by atomic mass is 10.0. The maximum atomic E-state index is 14.0. The molecule has 0 aliphatic rings. The van der Waals surface area contributed by atoms with Crippen molar-refractivity contribution < 1.29 is 27.1 Å². The van der Waals surface area contributed by atoms with Gasteiger partial charge in [-0.05, 0) is 35.7 Å². The van der Waals surface area contributed by atoms with Gasteiger partial charge in [-0.25, -0.2) is 21.9 Å². The summed E-state index contributed by atoms with van der Waals surface area (Å²) in [5.41, 5.74) is 0.942. The maximum absolute atomic E-state index is 14.0. The van der Waals surface area contributed by atoms with E-state index in [1.165, 1.54) is 14.1 Å². The van der Waals surface area contributed by atoms with Gasteiger partial charge in [0, 0.05) is 19.8 Å². The third-order valence-corrected chi connectivity index (χ3v) is 5.94. The molecule has 0 bridgehead atoms. The van der Waals surface area contributed by atoms with Crippen LogP contribution < -0.4 is 5.32 Å². The molecule has 0 saturated heterocycles. The van der Waals surface area contributed by atoms with E-state index in [1.807, 2.05) is 26.0 Å². The van der Waals surface area contributed by atoms with Crippen LogP contribution in [0, 0.1) is 5.82 Å². The predicted octanol–water partition coefficient (Wildman–Crippen LogP) is 2.99. The Kier molecular flexibility index (Phi) is 7.10. The number of ether oxygens (including phenoxy) is 1. The number of halogens is 1. The van der Waals surface area contributed by atoms with Gasteiger partial charge < -0.3 is 10.1 Å². The van der Waals surface area contributed by atoms with Gasteiger partial charge in [-0.3, -0.25) is 4.79 Å². The third-order valence-electron chi connectivity index (χ3n) is 4.13. The standard InChI is InChI=1S/C20H23FN2O5S/c1-13(2)15-7-5-6-8-18(15)22-19(24)12-28-20(25)16-11-14(9-10-17(16)21)29(26,27)23(3)4/h5-11,13H,12H2,1-4H3,(H,22,24). The number of rotatable bonds is 7. The van der Waals surface area contributed by atoms with Crippen molar-refractivity contribution in [3.63, 3.8) is 0 Å². The molecular formula is C20H23FN2O5S. The summed E-state index contributed by atoms with van der Waals surface area (Å²) in [5, 5.41) is 2.65. The Labute approximate surface area is 169 Å². The highest BCUT2D eigenvalue weighted by Crippen LogP contribution is 2.23. The van der Waals surface area contributed by atoms with Crippen LogP contribution in [0.2, 0.25) is 0 Å². The molecule has 0 aliphatic carbocycles. The molecule has 0 unspecified atom stereocenters. The minimum absolute atomic E-state index is 0.171. The Morgan fingerprint density at radius 1 is 1.14 bits per heavy atom. The largest absolute Gasteiger partial charge is 0.452 e. The molecule has 29 heavy (non-hydrogen) atoms. The predicted molar refractivity (Wildman–Crippen MR) is 107 cm³/mol. The summed E-state index contributed by atoms with van der Waals surface area (Å²) in [6.07, 6.45) is 0. The molecule has 0 radical (unpaired) electrons. The highest BCUT2D eigenvalue weighted by molar-refractivity contribution is 7.89. The lowest BCUT2D eigenvalue weighted by Gasteiger charge is -2.14. The molecule has 0 saturated carbocycles. The fourth-order valence-electron chi connectivity index (χ4n) is 2.54. The zero-order valence-electron chi connectivity index (χ0n) is 16.6. The zero-order valence-corrected chi connectivity index (χ0v) is 17.4. The van der Waals surface area contributed by atoms with Gasteiger partial charge in [0.15, 0.2) is 6.61 Å². The number of sulfonamides is 1. The van der Waals surface area contributed by atoms with Crippen LogP contribution in [0.4, 0.5) is 10.1 Å². The van der Waals surface area contributed by atoms with Gasteiger partial charge in [-0.1, -0.05) is 32.0 Å². The maximum Gasteiger partial charge on any atom is 0.341 e. The van der Waals surface area contributed by atoms with Gasteiger partial charge in [-0.2, -0.15) is 0 Å². The Hall–Kier alpha value is -2.78. The van der Waals surface area contributed by atoms with Crippen molar-refractivity contribution >= 4 is 27.6 Å². The number of benzene rings is 2. The number of hydrogen-bond acceptors (Lipinski definition) is 5. The van der Waals surface area contributed by atoms with Gasteiger partial charge in [0.25, 0.3) is 5.91 Å². The van der Waals surface area contributed by atoms with Crippen molar-refractivity contribution in [1.29, 1.82) is 0 Å². The second-order valence-electron chi connectivity index (χ2n) is 6.80. The molecule has 0 aromatic heterocycles. The van der Waals surface area contributed by atoms with Gasteiger partial charge >= 0.3 is 5.97 Å². The van der Waals surface area contributed by atoms with Crippen LogP contribution in [0.1, 0.15) is 35.7 Å². The number of nitrogens with zero attached hydrogens (tertiary/aromatic N) is 1. The number of carbonyl (C=O) groups excluding carboxylic acids is 2. The molecule has 2 aromatic rings. The summed E-state index contributed by atoms with van der Waals surface area (Å²) >= 11 is 0. The Morgan fingerprint density at radius 3 is 2.41 bits per heavy atom. The highest BCUT2D eigenvalue weighted by Gasteiger charge is 2.22. The van der Waals surface area contributed by atoms with Crippen LogP contribution in [0.25, 0.3) is 0 Å². The Morgan fingerprint density at radius 2 is 1.79 bits per heavy atom. The zero-order chi connectivity index (χ0) is 21.8. The number of hydrogen-bond donors (Lipinski definition) is 1. The van der Waals surface area contributed by atoms with Crippen LogP contribution in [0.15, 0.2) is 47.4 Å². The van der Waals surface area contributed by atoms with Crippen molar-refractivity contribution in [3.05, 3.63) is 59.4 Å². The van der Waals surface area contributed by atoms with E-state index >= 15 is 0 Å². The minimum Gasteiger partial charge on any atom is -0.452 e. The number of amides is 1. The fourth-order valence-corrected chi connectivity index (χ4v) is 3.47. The minimum atomic E-state index is -3.85. The second kappa shape index (κ2) is 9.15. The first-order valence-corrected chi connectivity index (χ1v) is 10.3. The Bertz CT molecular complexity index is 1020. The Balaban J connectivity index is 2.11. The van der Waals surface area contributed by atoms with Gasteiger partial charge in [-0.15, -0.1) is 0 Å². The lowest BCUT2D eigenvalue weighted by molar-refractivity contribution is -0.119. The van der Waals surface area contributed by atoms with Crippen molar-refractivity contribution in [2.75, 3.05) is 26.0 Å². The van der Waals surface area contributed by atoms with Crippen molar-refractivity contribution in [3.8, 4) is 0 Å². The smallest absolute Gasteiger partial charge is 0.341 e. The van der Waals surface area contributed by atoms with Gasteiger partial charge in [0.05, 0.1) is 10.5 Å². The highest BCUT2D eigenvalue weighted by atomic mass is 32.2. The molecule has 1 N–H and O–H groups in total. The summed E-state index contributed by atoms with van der Waals surface area (Å²) in [6.45, 7) is 3.31. The van der Waals surface area contributed by atoms with Crippen LogP contribution in [0.3, 0.4) is 0 Å². The number of esters is 1. The van der Waals surface area contributed by atoms with Gasteiger partial charge in [0.1, 0.15) is 5.82 Å². The summed E-state index contributed by atoms with van der Waals surface area (Å²) in [5.74, 6) is -2.50. The normalized spacial score (nSPS) is 11.6. The third kappa shape index (κ3) is 5.39. The molecule has 0 heterocycles. The van der Waals surface area contributed by atoms with Crippen molar-refractivity contribution in [2.24, 2.45) is 0 Å². The monoisotopic (exact) mass is 422 g/mol. The first-order chi connectivity index (χ1) is 13.5. The summed E-state index contributed by atoms with van der Waals surface area (Å²) in [6, 6.07) is 10.0. The number of carbonyl (C=O) groups is 2. The topological polar surface area (TPSA) is 92.8 Å². The SMILES string of the molecule is CC(C)c1ccccc1NC(=O)COC(=O)c1cc(S(=O)(=O)N(C)C)ccc1F. The number of anilines is 1.